The summed E-state index contributed by atoms with van der Waals surface area (Å²) in [6.07, 6.45) is -0.0906. The Morgan fingerprint density at radius 1 is 1.35 bits per heavy atom. The molecule has 4 rings (SSSR count). The summed E-state index contributed by atoms with van der Waals surface area (Å²) in [5.74, 6) is 0.778. The molecule has 26 heavy (non-hydrogen) atoms. The zero-order valence-electron chi connectivity index (χ0n) is 14.4. The van der Waals surface area contributed by atoms with Crippen LogP contribution in [0.4, 0.5) is 0 Å². The molecule has 3 aromatic rings. The van der Waals surface area contributed by atoms with Gasteiger partial charge in [0.15, 0.2) is 0 Å². The van der Waals surface area contributed by atoms with E-state index in [1.54, 1.807) is 16.0 Å². The Balaban J connectivity index is 1.53. The fraction of sp³-hybridized carbons (Fsp3) is 0.263. The fourth-order valence-corrected chi connectivity index (χ4v) is 3.70. The molecule has 0 bridgehead atoms. The molecule has 0 aliphatic carbocycles. The third-order valence-electron chi connectivity index (χ3n) is 4.24. The maximum Gasteiger partial charge on any atom is 0.269 e. The molecule has 7 heteroatoms. The Labute approximate surface area is 155 Å². The van der Waals surface area contributed by atoms with Gasteiger partial charge in [0.25, 0.3) is 5.91 Å². The number of amides is 1. The minimum absolute atomic E-state index is 0.0864. The highest BCUT2D eigenvalue weighted by molar-refractivity contribution is 7.13. The van der Waals surface area contributed by atoms with Crippen LogP contribution in [0.5, 0.6) is 5.75 Å². The van der Waals surface area contributed by atoms with E-state index < -0.39 is 0 Å². The standard InChI is InChI=1S/C19H20N4O2S/c1-2-25-14-6-3-5-13(9-14)11-20-18-12-21-19(24)16-10-15(22-23(16)18)17-7-4-8-26-17/h3-10,18,20H,2,11-12H2,1H3,(H,21,24)/t18-/m1/s1. The number of nitrogens with zero attached hydrogens (tertiary/aromatic N) is 2. The molecule has 2 N–H and O–H groups in total. The summed E-state index contributed by atoms with van der Waals surface area (Å²) >= 11 is 1.62. The predicted molar refractivity (Wildman–Crippen MR) is 101 cm³/mol. The van der Waals surface area contributed by atoms with Crippen LogP contribution in [0.2, 0.25) is 0 Å². The summed E-state index contributed by atoms with van der Waals surface area (Å²) < 4.78 is 7.34. The second kappa shape index (κ2) is 7.31. The Kier molecular flexibility index (Phi) is 4.73. The van der Waals surface area contributed by atoms with E-state index >= 15 is 0 Å². The molecule has 0 saturated heterocycles. The van der Waals surface area contributed by atoms with Crippen LogP contribution >= 0.6 is 11.3 Å². The van der Waals surface area contributed by atoms with Gasteiger partial charge in [-0.05, 0) is 42.1 Å². The molecule has 1 aromatic carbocycles. The molecule has 6 nitrogen and oxygen atoms in total. The lowest BCUT2D eigenvalue weighted by molar-refractivity contribution is 0.0900. The first-order valence-corrected chi connectivity index (χ1v) is 9.49. The molecule has 134 valence electrons. The van der Waals surface area contributed by atoms with Crippen molar-refractivity contribution in [1.29, 1.82) is 0 Å². The number of hydrogen-bond acceptors (Lipinski definition) is 5. The van der Waals surface area contributed by atoms with E-state index in [4.69, 9.17) is 4.74 Å². The van der Waals surface area contributed by atoms with Gasteiger partial charge in [-0.2, -0.15) is 5.10 Å². The van der Waals surface area contributed by atoms with E-state index in [2.05, 4.69) is 21.8 Å². The first kappa shape index (κ1) is 16.8. The molecule has 2 aromatic heterocycles. The van der Waals surface area contributed by atoms with Crippen molar-refractivity contribution in [3.05, 3.63) is 59.1 Å². The van der Waals surface area contributed by atoms with Gasteiger partial charge in [-0.15, -0.1) is 11.3 Å². The Bertz CT molecular complexity index is 904. The minimum atomic E-state index is -0.0906. The largest absolute Gasteiger partial charge is 0.494 e. The highest BCUT2D eigenvalue weighted by Crippen LogP contribution is 2.26. The Morgan fingerprint density at radius 2 is 2.27 bits per heavy atom. The van der Waals surface area contributed by atoms with Crippen molar-refractivity contribution in [2.24, 2.45) is 0 Å². The van der Waals surface area contributed by atoms with Gasteiger partial charge in [0.1, 0.15) is 23.3 Å². The second-order valence-electron chi connectivity index (χ2n) is 6.02. The first-order valence-electron chi connectivity index (χ1n) is 8.61. The molecule has 1 aliphatic rings. The third-order valence-corrected chi connectivity index (χ3v) is 5.14. The summed E-state index contributed by atoms with van der Waals surface area (Å²) in [6.45, 7) is 3.78. The van der Waals surface area contributed by atoms with Crippen molar-refractivity contribution in [3.63, 3.8) is 0 Å². The van der Waals surface area contributed by atoms with E-state index in [-0.39, 0.29) is 12.1 Å². The topological polar surface area (TPSA) is 68.2 Å². The van der Waals surface area contributed by atoms with Crippen LogP contribution in [0, 0.1) is 0 Å². The smallest absolute Gasteiger partial charge is 0.269 e. The van der Waals surface area contributed by atoms with Gasteiger partial charge in [-0.1, -0.05) is 18.2 Å². The SMILES string of the molecule is CCOc1cccc(CN[C@H]2CNC(=O)c3cc(-c4cccs4)nn32)c1. The summed E-state index contributed by atoms with van der Waals surface area (Å²) in [5, 5.41) is 13.1. The van der Waals surface area contributed by atoms with Gasteiger partial charge in [0, 0.05) is 6.54 Å². The lowest BCUT2D eigenvalue weighted by Crippen LogP contribution is -2.45. The number of carbonyl (C=O) groups is 1. The van der Waals surface area contributed by atoms with Crippen LogP contribution < -0.4 is 15.4 Å². The van der Waals surface area contributed by atoms with E-state index in [1.807, 2.05) is 48.7 Å². The monoisotopic (exact) mass is 368 g/mol. The van der Waals surface area contributed by atoms with E-state index in [9.17, 15) is 4.79 Å². The van der Waals surface area contributed by atoms with Crippen molar-refractivity contribution in [2.75, 3.05) is 13.2 Å². The van der Waals surface area contributed by atoms with Gasteiger partial charge in [0.2, 0.25) is 0 Å². The summed E-state index contributed by atoms with van der Waals surface area (Å²) in [6, 6.07) is 13.9. The van der Waals surface area contributed by atoms with Gasteiger partial charge in [0.05, 0.1) is 18.0 Å². The van der Waals surface area contributed by atoms with Gasteiger partial charge in [-0.3, -0.25) is 10.1 Å². The number of benzene rings is 1. The number of aromatic nitrogens is 2. The second-order valence-corrected chi connectivity index (χ2v) is 6.97. The van der Waals surface area contributed by atoms with E-state index in [1.165, 1.54) is 0 Å². The molecular weight excluding hydrogens is 348 g/mol. The van der Waals surface area contributed by atoms with Gasteiger partial charge < -0.3 is 10.1 Å². The number of thiophene rings is 1. The number of hydrogen-bond donors (Lipinski definition) is 2. The molecule has 0 radical (unpaired) electrons. The molecule has 0 fully saturated rings. The fourth-order valence-electron chi connectivity index (χ4n) is 3.02. The normalized spacial score (nSPS) is 16.2. The number of rotatable bonds is 6. The summed E-state index contributed by atoms with van der Waals surface area (Å²) in [4.78, 5) is 13.3. The van der Waals surface area contributed by atoms with Gasteiger partial charge in [-0.25, -0.2) is 4.68 Å². The van der Waals surface area contributed by atoms with Crippen LogP contribution in [0.25, 0.3) is 10.6 Å². The molecule has 3 heterocycles. The molecule has 1 atom stereocenters. The minimum Gasteiger partial charge on any atom is -0.494 e. The molecule has 1 amide bonds. The van der Waals surface area contributed by atoms with Crippen molar-refractivity contribution < 1.29 is 9.53 Å². The first-order chi connectivity index (χ1) is 12.7. The van der Waals surface area contributed by atoms with Crippen LogP contribution in [0.3, 0.4) is 0 Å². The molecule has 0 unspecified atom stereocenters. The van der Waals surface area contributed by atoms with Crippen molar-refractivity contribution in [3.8, 4) is 16.3 Å². The Hall–Kier alpha value is -2.64. The van der Waals surface area contributed by atoms with E-state index in [0.29, 0.717) is 25.4 Å². The lowest BCUT2D eigenvalue weighted by Gasteiger charge is -2.25. The third kappa shape index (κ3) is 3.36. The van der Waals surface area contributed by atoms with Crippen molar-refractivity contribution in [2.45, 2.75) is 19.6 Å². The molecule has 0 spiro atoms. The van der Waals surface area contributed by atoms with E-state index in [0.717, 1.165) is 21.9 Å². The zero-order valence-corrected chi connectivity index (χ0v) is 15.3. The quantitative estimate of drug-likeness (QED) is 0.702. The van der Waals surface area contributed by atoms with Crippen LogP contribution in [0.15, 0.2) is 47.8 Å². The highest BCUT2D eigenvalue weighted by Gasteiger charge is 2.27. The van der Waals surface area contributed by atoms with Crippen LogP contribution in [-0.4, -0.2) is 28.8 Å². The number of nitrogens with one attached hydrogen (secondary N) is 2. The average Bonchev–Trinajstić information content (AvgIpc) is 3.32. The zero-order chi connectivity index (χ0) is 17.9. The predicted octanol–water partition coefficient (Wildman–Crippen LogP) is 3.04. The van der Waals surface area contributed by atoms with Crippen LogP contribution in [-0.2, 0) is 6.54 Å². The van der Waals surface area contributed by atoms with Crippen molar-refractivity contribution >= 4 is 17.2 Å². The number of carbonyl (C=O) groups excluding carboxylic acids is 1. The summed E-state index contributed by atoms with van der Waals surface area (Å²) in [5.41, 5.74) is 2.54. The lowest BCUT2D eigenvalue weighted by atomic mass is 10.2. The van der Waals surface area contributed by atoms with Crippen molar-refractivity contribution in [1.82, 2.24) is 20.4 Å². The Morgan fingerprint density at radius 3 is 3.08 bits per heavy atom. The average molecular weight is 368 g/mol. The maximum absolute atomic E-state index is 12.2. The molecule has 1 aliphatic heterocycles. The molecular formula is C19H20N4O2S. The highest BCUT2D eigenvalue weighted by atomic mass is 32.1. The van der Waals surface area contributed by atoms with Gasteiger partial charge >= 0.3 is 0 Å². The van der Waals surface area contributed by atoms with Crippen LogP contribution in [0.1, 0.15) is 29.1 Å². The number of fused-ring (bicyclic) bond motifs is 1. The molecule has 0 saturated carbocycles. The number of ether oxygens (including phenoxy) is 1. The maximum atomic E-state index is 12.2. The summed E-state index contributed by atoms with van der Waals surface area (Å²) in [7, 11) is 0.